The molecule has 0 unspecified atom stereocenters. The molecule has 0 radical (unpaired) electrons. The Bertz CT molecular complexity index is 553. The number of hydrogen-bond donors (Lipinski definition) is 1. The van der Waals surface area contributed by atoms with E-state index >= 15 is 0 Å². The highest BCUT2D eigenvalue weighted by Gasteiger charge is 2.34. The molecule has 0 bridgehead atoms. The molecule has 1 nitrogen and oxygen atoms in total. The third-order valence-corrected chi connectivity index (χ3v) is 3.93. The predicted octanol–water partition coefficient (Wildman–Crippen LogP) is 3.26. The predicted molar refractivity (Wildman–Crippen MR) is 75.6 cm³/mol. The first-order valence-electron chi connectivity index (χ1n) is 6.51. The van der Waals surface area contributed by atoms with Gasteiger partial charge in [0.1, 0.15) is 0 Å². The van der Waals surface area contributed by atoms with Gasteiger partial charge >= 0.3 is 0 Å². The van der Waals surface area contributed by atoms with Crippen molar-refractivity contribution in [3.63, 3.8) is 0 Å². The van der Waals surface area contributed by atoms with Gasteiger partial charge in [-0.3, -0.25) is 0 Å². The van der Waals surface area contributed by atoms with E-state index in [9.17, 15) is 0 Å². The summed E-state index contributed by atoms with van der Waals surface area (Å²) in [6.07, 6.45) is 1.90. The lowest BCUT2D eigenvalue weighted by Crippen LogP contribution is -2.37. The van der Waals surface area contributed by atoms with Gasteiger partial charge < -0.3 is 5.73 Å². The summed E-state index contributed by atoms with van der Waals surface area (Å²) >= 11 is 0. The normalized spacial score (nSPS) is 16.6. The van der Waals surface area contributed by atoms with Crippen LogP contribution in [0.5, 0.6) is 0 Å². The van der Waals surface area contributed by atoms with Crippen LogP contribution in [0.4, 0.5) is 0 Å². The van der Waals surface area contributed by atoms with Gasteiger partial charge in [0, 0.05) is 5.54 Å². The highest BCUT2D eigenvalue weighted by Crippen LogP contribution is 2.36. The first kappa shape index (κ1) is 11.5. The molecule has 0 aliphatic heterocycles. The van der Waals surface area contributed by atoms with Gasteiger partial charge in [0.15, 0.2) is 0 Å². The Balaban J connectivity index is 2.03. The summed E-state index contributed by atoms with van der Waals surface area (Å²) < 4.78 is 0. The number of aryl methyl sites for hydroxylation is 2. The first-order valence-corrected chi connectivity index (χ1v) is 6.51. The molecule has 0 fully saturated rings. The minimum absolute atomic E-state index is 0.222. The molecular weight excluding hydrogens is 218 g/mol. The van der Waals surface area contributed by atoms with Crippen molar-refractivity contribution in [1.29, 1.82) is 0 Å². The molecule has 2 aromatic carbocycles. The van der Waals surface area contributed by atoms with Gasteiger partial charge in [-0.25, -0.2) is 0 Å². The van der Waals surface area contributed by atoms with Crippen LogP contribution in [-0.2, 0) is 18.4 Å². The van der Waals surface area contributed by atoms with Crippen molar-refractivity contribution in [2.75, 3.05) is 0 Å². The van der Waals surface area contributed by atoms with Crippen LogP contribution in [0.1, 0.15) is 27.8 Å². The Kier molecular flexibility index (Phi) is 2.53. The maximum atomic E-state index is 6.67. The fourth-order valence-electron chi connectivity index (χ4n) is 3.11. The third-order valence-electron chi connectivity index (χ3n) is 3.93. The van der Waals surface area contributed by atoms with E-state index in [0.29, 0.717) is 0 Å². The summed E-state index contributed by atoms with van der Waals surface area (Å²) in [6, 6.07) is 15.3. The molecule has 2 N–H and O–H groups in total. The van der Waals surface area contributed by atoms with Gasteiger partial charge in [0.2, 0.25) is 0 Å². The molecule has 92 valence electrons. The van der Waals surface area contributed by atoms with Gasteiger partial charge in [0.05, 0.1) is 0 Å². The summed E-state index contributed by atoms with van der Waals surface area (Å²) in [5.41, 5.74) is 13.1. The van der Waals surface area contributed by atoms with Gasteiger partial charge in [-0.05, 0) is 43.4 Å². The molecule has 0 aromatic heterocycles. The van der Waals surface area contributed by atoms with E-state index in [4.69, 9.17) is 5.73 Å². The Morgan fingerprint density at radius 2 is 1.39 bits per heavy atom. The fraction of sp³-hybridized carbons (Fsp3) is 0.294. The molecule has 0 heterocycles. The summed E-state index contributed by atoms with van der Waals surface area (Å²) in [5, 5.41) is 0. The van der Waals surface area contributed by atoms with Crippen molar-refractivity contribution in [2.45, 2.75) is 32.2 Å². The van der Waals surface area contributed by atoms with Gasteiger partial charge in [-0.1, -0.05) is 53.6 Å². The molecule has 3 rings (SSSR count). The second-order valence-electron chi connectivity index (χ2n) is 5.65. The second kappa shape index (κ2) is 3.96. The molecule has 2 aromatic rings. The van der Waals surface area contributed by atoms with E-state index in [-0.39, 0.29) is 5.54 Å². The molecule has 1 aliphatic carbocycles. The van der Waals surface area contributed by atoms with Crippen LogP contribution in [0.3, 0.4) is 0 Å². The average Bonchev–Trinajstić information content (AvgIpc) is 2.65. The molecule has 0 amide bonds. The number of rotatable bonds is 1. The largest absolute Gasteiger partial charge is 0.321 e. The van der Waals surface area contributed by atoms with Gasteiger partial charge in [0.25, 0.3) is 0 Å². The lowest BCUT2D eigenvalue weighted by atomic mass is 9.86. The molecule has 0 saturated heterocycles. The topological polar surface area (TPSA) is 26.0 Å². The van der Waals surface area contributed by atoms with Crippen molar-refractivity contribution in [3.8, 4) is 0 Å². The minimum Gasteiger partial charge on any atom is -0.321 e. The van der Waals surface area contributed by atoms with E-state index in [0.717, 1.165) is 12.8 Å². The molecule has 0 atom stereocenters. The quantitative estimate of drug-likeness (QED) is 0.809. The minimum atomic E-state index is -0.222. The first-order chi connectivity index (χ1) is 8.57. The zero-order chi connectivity index (χ0) is 12.8. The average molecular weight is 237 g/mol. The van der Waals surface area contributed by atoms with E-state index < -0.39 is 0 Å². The van der Waals surface area contributed by atoms with E-state index in [1.165, 1.54) is 27.8 Å². The Hall–Kier alpha value is -1.60. The summed E-state index contributed by atoms with van der Waals surface area (Å²) in [5.74, 6) is 0. The van der Waals surface area contributed by atoms with Crippen LogP contribution in [0, 0.1) is 13.8 Å². The Morgan fingerprint density at radius 1 is 0.889 bits per heavy atom. The van der Waals surface area contributed by atoms with Crippen molar-refractivity contribution in [1.82, 2.24) is 0 Å². The van der Waals surface area contributed by atoms with E-state index in [2.05, 4.69) is 56.3 Å². The SMILES string of the molecule is Cc1cc(C)cc(C2(N)Cc3ccccc3C2)c1. The van der Waals surface area contributed by atoms with Crippen molar-refractivity contribution in [3.05, 3.63) is 70.3 Å². The smallest absolute Gasteiger partial charge is 0.0491 e. The second-order valence-corrected chi connectivity index (χ2v) is 5.65. The highest BCUT2D eigenvalue weighted by molar-refractivity contribution is 5.43. The molecule has 1 heteroatoms. The van der Waals surface area contributed by atoms with Crippen LogP contribution < -0.4 is 5.73 Å². The molecule has 18 heavy (non-hydrogen) atoms. The molecule has 0 saturated carbocycles. The Morgan fingerprint density at radius 3 is 1.89 bits per heavy atom. The number of hydrogen-bond acceptors (Lipinski definition) is 1. The summed E-state index contributed by atoms with van der Waals surface area (Å²) in [7, 11) is 0. The lowest BCUT2D eigenvalue weighted by Gasteiger charge is -2.25. The van der Waals surface area contributed by atoms with Crippen molar-refractivity contribution in [2.24, 2.45) is 5.73 Å². The van der Waals surface area contributed by atoms with Crippen LogP contribution in [-0.4, -0.2) is 0 Å². The maximum Gasteiger partial charge on any atom is 0.0491 e. The summed E-state index contributed by atoms with van der Waals surface area (Å²) in [4.78, 5) is 0. The van der Waals surface area contributed by atoms with Crippen molar-refractivity contribution >= 4 is 0 Å². The van der Waals surface area contributed by atoms with Gasteiger partial charge in [-0.15, -0.1) is 0 Å². The summed E-state index contributed by atoms with van der Waals surface area (Å²) in [6.45, 7) is 4.28. The maximum absolute atomic E-state index is 6.67. The Labute approximate surface area is 109 Å². The molecule has 1 aliphatic rings. The lowest BCUT2D eigenvalue weighted by molar-refractivity contribution is 0.472. The number of fused-ring (bicyclic) bond motifs is 1. The van der Waals surface area contributed by atoms with E-state index in [1.807, 2.05) is 0 Å². The zero-order valence-corrected chi connectivity index (χ0v) is 11.0. The van der Waals surface area contributed by atoms with Crippen LogP contribution in [0.25, 0.3) is 0 Å². The van der Waals surface area contributed by atoms with E-state index in [1.54, 1.807) is 0 Å². The molecular formula is C17H19N. The van der Waals surface area contributed by atoms with Crippen LogP contribution in [0.2, 0.25) is 0 Å². The monoisotopic (exact) mass is 237 g/mol. The van der Waals surface area contributed by atoms with Crippen LogP contribution in [0.15, 0.2) is 42.5 Å². The fourth-order valence-corrected chi connectivity index (χ4v) is 3.11. The van der Waals surface area contributed by atoms with Gasteiger partial charge in [-0.2, -0.15) is 0 Å². The number of nitrogens with two attached hydrogens (primary N) is 1. The highest BCUT2D eigenvalue weighted by atomic mass is 14.8. The standard InChI is InChI=1S/C17H19N/c1-12-7-13(2)9-16(8-12)17(18)10-14-5-3-4-6-15(14)11-17/h3-9H,10-11,18H2,1-2H3. The third kappa shape index (κ3) is 1.85. The number of benzene rings is 2. The molecule has 0 spiro atoms. The zero-order valence-electron chi connectivity index (χ0n) is 11.0. The van der Waals surface area contributed by atoms with Crippen LogP contribution >= 0.6 is 0 Å². The van der Waals surface area contributed by atoms with Crippen molar-refractivity contribution < 1.29 is 0 Å².